The predicted octanol–water partition coefficient (Wildman–Crippen LogP) is 1.54. The topological polar surface area (TPSA) is 99.0 Å². The Morgan fingerprint density at radius 1 is 1.04 bits per heavy atom. The Kier molecular flexibility index (Phi) is 7.40. The lowest BCUT2D eigenvalue weighted by molar-refractivity contribution is 0.0183. The predicted molar refractivity (Wildman–Crippen MR) is 92.8 cm³/mol. The van der Waals surface area contributed by atoms with E-state index in [1.165, 1.54) is 0 Å². The Hall–Kier alpha value is -2.41. The molecular weight excluding hydrogens is 322 g/mol. The van der Waals surface area contributed by atoms with Crippen LogP contribution in [0.3, 0.4) is 0 Å². The van der Waals surface area contributed by atoms with Crippen LogP contribution in [-0.2, 0) is 17.8 Å². The lowest BCUT2D eigenvalue weighted by atomic mass is 10.0. The second kappa shape index (κ2) is 9.78. The number of amides is 1. The Labute approximate surface area is 146 Å². The molecule has 134 valence electrons. The molecule has 2 atom stereocenters. The van der Waals surface area contributed by atoms with E-state index in [9.17, 15) is 15.0 Å². The normalized spacial score (nSPS) is 13.1. The van der Waals surface area contributed by atoms with Gasteiger partial charge >= 0.3 is 6.09 Å². The highest BCUT2D eigenvalue weighted by molar-refractivity contribution is 5.67. The van der Waals surface area contributed by atoms with Crippen molar-refractivity contribution in [3.8, 4) is 0 Å². The molecule has 0 saturated heterocycles. The average Bonchev–Trinajstić information content (AvgIpc) is 2.65. The highest BCUT2D eigenvalue weighted by atomic mass is 16.5. The second-order valence-electron chi connectivity index (χ2n) is 5.67. The molecule has 6 heteroatoms. The molecule has 0 spiro atoms. The fourth-order valence-electron chi connectivity index (χ4n) is 2.36. The Morgan fingerprint density at radius 3 is 2.48 bits per heavy atom. The van der Waals surface area contributed by atoms with Crippen LogP contribution in [0.2, 0.25) is 0 Å². The smallest absolute Gasteiger partial charge is 0.407 e. The maximum absolute atomic E-state index is 11.7. The Morgan fingerprint density at radius 2 is 1.76 bits per heavy atom. The molecule has 0 saturated carbocycles. The van der Waals surface area contributed by atoms with E-state index in [2.05, 4.69) is 5.32 Å². The van der Waals surface area contributed by atoms with Crippen LogP contribution in [0.15, 0.2) is 54.6 Å². The largest absolute Gasteiger partial charge is 0.445 e. The fourth-order valence-corrected chi connectivity index (χ4v) is 2.36. The summed E-state index contributed by atoms with van der Waals surface area (Å²) in [7, 11) is 0. The van der Waals surface area contributed by atoms with Crippen LogP contribution in [-0.4, -0.2) is 40.7 Å². The molecule has 2 aromatic rings. The van der Waals surface area contributed by atoms with Gasteiger partial charge in [0.25, 0.3) is 0 Å². The molecule has 2 unspecified atom stereocenters. The molecule has 2 rings (SSSR count). The van der Waals surface area contributed by atoms with Gasteiger partial charge in [-0.2, -0.15) is 0 Å². The van der Waals surface area contributed by atoms with Crippen molar-refractivity contribution >= 4 is 6.09 Å². The van der Waals surface area contributed by atoms with Gasteiger partial charge in [-0.3, -0.25) is 0 Å². The molecule has 0 bridgehead atoms. The number of carbonyl (C=O) groups excluding carboxylic acids is 1. The summed E-state index contributed by atoms with van der Waals surface area (Å²) in [5, 5.41) is 31.6. The molecule has 0 aromatic heterocycles. The van der Waals surface area contributed by atoms with Crippen LogP contribution < -0.4 is 5.32 Å². The molecule has 0 aliphatic carbocycles. The van der Waals surface area contributed by atoms with Gasteiger partial charge in [-0.1, -0.05) is 54.6 Å². The van der Waals surface area contributed by atoms with Gasteiger partial charge in [-0.25, -0.2) is 4.79 Å². The van der Waals surface area contributed by atoms with Gasteiger partial charge in [-0.05, 0) is 23.1 Å². The van der Waals surface area contributed by atoms with Crippen molar-refractivity contribution in [1.82, 2.24) is 5.32 Å². The molecule has 0 heterocycles. The van der Waals surface area contributed by atoms with E-state index >= 15 is 0 Å². The summed E-state index contributed by atoms with van der Waals surface area (Å²) >= 11 is 0. The number of alkyl carbamates (subject to hydrolysis) is 1. The maximum Gasteiger partial charge on any atom is 0.407 e. The van der Waals surface area contributed by atoms with Gasteiger partial charge in [-0.15, -0.1) is 0 Å². The van der Waals surface area contributed by atoms with Crippen LogP contribution in [0, 0.1) is 0 Å². The number of ether oxygens (including phenoxy) is 1. The molecule has 1 amide bonds. The number of nitrogens with one attached hydrogen (secondary N) is 1. The molecular formula is C19H23NO5. The van der Waals surface area contributed by atoms with Crippen molar-refractivity contribution in [3.05, 3.63) is 71.3 Å². The number of hydrogen-bond donors (Lipinski definition) is 4. The molecule has 0 radical (unpaired) electrons. The molecule has 25 heavy (non-hydrogen) atoms. The van der Waals surface area contributed by atoms with Crippen LogP contribution in [0.1, 0.15) is 22.8 Å². The minimum Gasteiger partial charge on any atom is -0.445 e. The second-order valence-corrected chi connectivity index (χ2v) is 5.67. The lowest BCUT2D eigenvalue weighted by Crippen LogP contribution is -2.35. The van der Waals surface area contributed by atoms with E-state index < -0.39 is 18.3 Å². The number of aliphatic hydroxyl groups is 3. The van der Waals surface area contributed by atoms with E-state index in [0.29, 0.717) is 12.0 Å². The van der Waals surface area contributed by atoms with E-state index in [4.69, 9.17) is 9.84 Å². The minimum absolute atomic E-state index is 0.0108. The van der Waals surface area contributed by atoms with E-state index in [1.54, 1.807) is 18.2 Å². The van der Waals surface area contributed by atoms with Gasteiger partial charge in [0.2, 0.25) is 0 Å². The van der Waals surface area contributed by atoms with Gasteiger partial charge in [0.15, 0.2) is 0 Å². The Bertz CT molecular complexity index is 662. The molecule has 2 aromatic carbocycles. The van der Waals surface area contributed by atoms with Crippen LogP contribution in [0.25, 0.3) is 0 Å². The molecule has 0 aliphatic heterocycles. The van der Waals surface area contributed by atoms with Crippen molar-refractivity contribution in [2.75, 3.05) is 13.2 Å². The molecule has 0 aliphatic rings. The summed E-state index contributed by atoms with van der Waals surface area (Å²) in [6, 6.07) is 16.2. The first kappa shape index (κ1) is 18.9. The third-order valence-corrected chi connectivity index (χ3v) is 3.73. The summed E-state index contributed by atoms with van der Waals surface area (Å²) in [6.45, 7) is 0.00442. The first-order chi connectivity index (χ1) is 12.1. The van der Waals surface area contributed by atoms with Crippen LogP contribution in [0.5, 0.6) is 0 Å². The lowest BCUT2D eigenvalue weighted by Gasteiger charge is -2.19. The van der Waals surface area contributed by atoms with Crippen molar-refractivity contribution in [2.45, 2.75) is 25.2 Å². The van der Waals surface area contributed by atoms with Crippen molar-refractivity contribution < 1.29 is 24.9 Å². The van der Waals surface area contributed by atoms with E-state index in [1.807, 2.05) is 36.4 Å². The van der Waals surface area contributed by atoms with Gasteiger partial charge < -0.3 is 25.4 Å². The Balaban J connectivity index is 1.79. The van der Waals surface area contributed by atoms with Crippen molar-refractivity contribution in [2.24, 2.45) is 0 Å². The van der Waals surface area contributed by atoms with E-state index in [0.717, 1.165) is 11.1 Å². The zero-order valence-corrected chi connectivity index (χ0v) is 13.8. The number of aliphatic hydroxyl groups excluding tert-OH is 3. The van der Waals surface area contributed by atoms with Gasteiger partial charge in [0, 0.05) is 13.2 Å². The van der Waals surface area contributed by atoms with Crippen LogP contribution in [0.4, 0.5) is 4.79 Å². The molecule has 0 fully saturated rings. The third-order valence-electron chi connectivity index (χ3n) is 3.73. The fraction of sp³-hybridized carbons (Fsp3) is 0.316. The minimum atomic E-state index is -1.17. The van der Waals surface area contributed by atoms with Gasteiger partial charge in [0.1, 0.15) is 18.8 Å². The first-order valence-corrected chi connectivity index (χ1v) is 8.10. The average molecular weight is 345 g/mol. The zero-order chi connectivity index (χ0) is 18.1. The highest BCUT2D eigenvalue weighted by Gasteiger charge is 2.19. The summed E-state index contributed by atoms with van der Waals surface area (Å²) in [5.74, 6) is 0. The van der Waals surface area contributed by atoms with Gasteiger partial charge in [0.05, 0.1) is 0 Å². The quantitative estimate of drug-likeness (QED) is 0.582. The van der Waals surface area contributed by atoms with Crippen molar-refractivity contribution in [3.63, 3.8) is 0 Å². The number of hydrogen-bond acceptors (Lipinski definition) is 5. The zero-order valence-electron chi connectivity index (χ0n) is 13.8. The summed E-state index contributed by atoms with van der Waals surface area (Å²) in [5.41, 5.74) is 2.25. The first-order valence-electron chi connectivity index (χ1n) is 8.10. The van der Waals surface area contributed by atoms with E-state index in [-0.39, 0.29) is 19.8 Å². The molecule has 6 nitrogen and oxygen atoms in total. The number of benzene rings is 2. The highest BCUT2D eigenvalue weighted by Crippen LogP contribution is 2.18. The maximum atomic E-state index is 11.7. The number of rotatable bonds is 8. The van der Waals surface area contributed by atoms with Crippen LogP contribution >= 0.6 is 0 Å². The number of carbonyl (C=O) groups is 1. The standard InChI is InChI=1S/C19H23NO5/c21-10-9-14-7-4-8-16(11-14)18(23)17(22)12-20-19(24)25-13-15-5-2-1-3-6-15/h1-8,11,17-18,21-23H,9-10,12-13H2,(H,20,24). The summed E-state index contributed by atoms with van der Waals surface area (Å²) in [4.78, 5) is 11.7. The summed E-state index contributed by atoms with van der Waals surface area (Å²) in [6.07, 6.45) is -2.51. The SMILES string of the molecule is O=C(NCC(O)C(O)c1cccc(CCO)c1)OCc1ccccc1. The monoisotopic (exact) mass is 345 g/mol. The third kappa shape index (κ3) is 6.19. The summed E-state index contributed by atoms with van der Waals surface area (Å²) < 4.78 is 5.04. The van der Waals surface area contributed by atoms with Crippen molar-refractivity contribution in [1.29, 1.82) is 0 Å². The molecule has 4 N–H and O–H groups in total.